The number of carboxylic acids is 1. The Balaban J connectivity index is 1.64. The maximum absolute atomic E-state index is 13.3. The second kappa shape index (κ2) is 15.0. The van der Waals surface area contributed by atoms with E-state index in [1.807, 2.05) is 37.3 Å². The molecule has 15 heteroatoms. The van der Waals surface area contributed by atoms with Crippen LogP contribution in [0.25, 0.3) is 0 Å². The summed E-state index contributed by atoms with van der Waals surface area (Å²) in [4.78, 5) is 64.8. The van der Waals surface area contributed by atoms with Gasteiger partial charge in [0.25, 0.3) is 0 Å². The first-order valence-electron chi connectivity index (χ1n) is 13.0. The lowest BCUT2D eigenvalue weighted by molar-refractivity contribution is -0.140. The highest BCUT2D eigenvalue weighted by Crippen LogP contribution is 2.33. The summed E-state index contributed by atoms with van der Waals surface area (Å²) in [6.07, 6.45) is 0.362. The molecule has 3 rings (SSSR count). The molecule has 4 amide bonds. The van der Waals surface area contributed by atoms with Crippen LogP contribution in [0.5, 0.6) is 0 Å². The zero-order valence-electron chi connectivity index (χ0n) is 22.3. The van der Waals surface area contributed by atoms with Crippen LogP contribution in [0.3, 0.4) is 0 Å². The van der Waals surface area contributed by atoms with Crippen molar-refractivity contribution < 1.29 is 29.1 Å². The SMILES string of the molecule is CC[C@H](C)[C@H](NC(=O)CCC(=O)O)C(=O)NCC(=O)N1C[C@H](Sc2ccccc2)C[C@H]1C(=O)NCc1nn[nH]n1. The lowest BCUT2D eigenvalue weighted by atomic mass is 9.98. The lowest BCUT2D eigenvalue weighted by Crippen LogP contribution is -2.53. The number of amides is 4. The van der Waals surface area contributed by atoms with Crippen LogP contribution in [0.15, 0.2) is 35.2 Å². The van der Waals surface area contributed by atoms with Gasteiger partial charge in [0.05, 0.1) is 19.5 Å². The number of nitrogens with zero attached hydrogens (tertiary/aromatic N) is 4. The molecule has 0 spiro atoms. The van der Waals surface area contributed by atoms with Crippen LogP contribution in [0.2, 0.25) is 0 Å². The first-order valence-corrected chi connectivity index (χ1v) is 13.9. The number of aromatic amines is 1. The second-order valence-corrected chi connectivity index (χ2v) is 10.8. The quantitative estimate of drug-likeness (QED) is 0.206. The van der Waals surface area contributed by atoms with Gasteiger partial charge in [-0.1, -0.05) is 43.7 Å². The highest BCUT2D eigenvalue weighted by Gasteiger charge is 2.40. The Morgan fingerprint density at radius 1 is 1.15 bits per heavy atom. The summed E-state index contributed by atoms with van der Waals surface area (Å²) in [6, 6.07) is 7.96. The third-order valence-corrected chi connectivity index (χ3v) is 7.75. The number of aliphatic carboxylic acids is 1. The molecule has 1 aromatic heterocycles. The van der Waals surface area contributed by atoms with E-state index in [1.54, 1.807) is 18.7 Å². The Labute approximate surface area is 235 Å². The molecule has 1 saturated heterocycles. The van der Waals surface area contributed by atoms with Crippen molar-refractivity contribution in [2.24, 2.45) is 5.92 Å². The molecule has 0 aliphatic carbocycles. The van der Waals surface area contributed by atoms with Crippen LogP contribution in [0, 0.1) is 5.92 Å². The van der Waals surface area contributed by atoms with E-state index >= 15 is 0 Å². The topological polar surface area (TPSA) is 199 Å². The Morgan fingerprint density at radius 2 is 1.90 bits per heavy atom. The summed E-state index contributed by atoms with van der Waals surface area (Å²) in [5, 5.41) is 30.1. The van der Waals surface area contributed by atoms with E-state index in [4.69, 9.17) is 5.11 Å². The number of aromatic nitrogens is 4. The number of carbonyl (C=O) groups excluding carboxylic acids is 4. The zero-order valence-corrected chi connectivity index (χ0v) is 23.1. The van der Waals surface area contributed by atoms with Crippen molar-refractivity contribution in [2.45, 2.75) is 68.3 Å². The van der Waals surface area contributed by atoms with Crippen molar-refractivity contribution >= 4 is 41.4 Å². The number of tetrazole rings is 1. The van der Waals surface area contributed by atoms with Gasteiger partial charge < -0.3 is 26.0 Å². The fourth-order valence-electron chi connectivity index (χ4n) is 4.18. The van der Waals surface area contributed by atoms with E-state index in [0.717, 1.165) is 4.90 Å². The van der Waals surface area contributed by atoms with E-state index in [0.29, 0.717) is 25.2 Å². The van der Waals surface area contributed by atoms with Crippen LogP contribution in [0.4, 0.5) is 0 Å². The molecule has 2 heterocycles. The number of H-pyrrole nitrogens is 1. The van der Waals surface area contributed by atoms with Gasteiger partial charge in [0.2, 0.25) is 23.6 Å². The molecule has 14 nitrogen and oxygen atoms in total. The first kappa shape index (κ1) is 30.5. The molecule has 5 N–H and O–H groups in total. The van der Waals surface area contributed by atoms with Crippen molar-refractivity contribution in [3.63, 3.8) is 0 Å². The Hall–Kier alpha value is -4.01. The maximum Gasteiger partial charge on any atom is 0.303 e. The average Bonchev–Trinajstić information content (AvgIpc) is 3.62. The molecule has 4 atom stereocenters. The number of hydrogen-bond donors (Lipinski definition) is 5. The molecule has 0 bridgehead atoms. The molecule has 1 fully saturated rings. The minimum absolute atomic E-state index is 0.0409. The van der Waals surface area contributed by atoms with E-state index in [9.17, 15) is 24.0 Å². The molecular weight excluding hydrogens is 540 g/mol. The second-order valence-electron chi connectivity index (χ2n) is 9.44. The molecule has 40 heavy (non-hydrogen) atoms. The van der Waals surface area contributed by atoms with Crippen LogP contribution in [-0.4, -0.2) is 90.7 Å². The first-order chi connectivity index (χ1) is 19.2. The van der Waals surface area contributed by atoms with Crippen molar-refractivity contribution in [3.8, 4) is 0 Å². The van der Waals surface area contributed by atoms with Crippen molar-refractivity contribution in [3.05, 3.63) is 36.2 Å². The normalized spacial score (nSPS) is 18.0. The number of rotatable bonds is 14. The monoisotopic (exact) mass is 574 g/mol. The maximum atomic E-state index is 13.3. The number of nitrogens with one attached hydrogen (secondary N) is 4. The highest BCUT2D eigenvalue weighted by molar-refractivity contribution is 8.00. The van der Waals surface area contributed by atoms with Crippen molar-refractivity contribution in [1.29, 1.82) is 0 Å². The van der Waals surface area contributed by atoms with Gasteiger partial charge in [-0.15, -0.1) is 22.0 Å². The number of likely N-dealkylation sites (tertiary alicyclic amines) is 1. The van der Waals surface area contributed by atoms with Gasteiger partial charge in [-0.3, -0.25) is 24.0 Å². The Bertz CT molecular complexity index is 1170. The predicted molar refractivity (Wildman–Crippen MR) is 143 cm³/mol. The highest BCUT2D eigenvalue weighted by atomic mass is 32.2. The largest absolute Gasteiger partial charge is 0.481 e. The number of carbonyl (C=O) groups is 5. The van der Waals surface area contributed by atoms with Gasteiger partial charge in [0.15, 0.2) is 5.82 Å². The summed E-state index contributed by atoms with van der Waals surface area (Å²) in [5.74, 6) is -3.01. The minimum atomic E-state index is -1.12. The molecule has 0 unspecified atom stereocenters. The lowest BCUT2D eigenvalue weighted by Gasteiger charge is -2.26. The van der Waals surface area contributed by atoms with Crippen LogP contribution >= 0.6 is 11.8 Å². The van der Waals surface area contributed by atoms with Crippen LogP contribution < -0.4 is 16.0 Å². The molecular formula is C25H34N8O6S. The number of carboxylic acid groups (broad SMARTS) is 1. The molecule has 1 aliphatic rings. The molecule has 2 aromatic rings. The summed E-state index contributed by atoms with van der Waals surface area (Å²) in [6.45, 7) is 3.61. The minimum Gasteiger partial charge on any atom is -0.481 e. The van der Waals surface area contributed by atoms with E-state index in [2.05, 4.69) is 36.6 Å². The van der Waals surface area contributed by atoms with E-state index < -0.39 is 35.8 Å². The molecule has 1 aromatic carbocycles. The molecule has 0 saturated carbocycles. The van der Waals surface area contributed by atoms with Crippen LogP contribution in [0.1, 0.15) is 45.4 Å². The zero-order chi connectivity index (χ0) is 29.1. The van der Waals surface area contributed by atoms with Gasteiger partial charge in [0.1, 0.15) is 12.1 Å². The smallest absolute Gasteiger partial charge is 0.303 e. The van der Waals surface area contributed by atoms with Gasteiger partial charge in [-0.05, 0) is 24.5 Å². The average molecular weight is 575 g/mol. The Kier molecular flexibility index (Phi) is 11.4. The van der Waals surface area contributed by atoms with Crippen LogP contribution in [-0.2, 0) is 30.5 Å². The van der Waals surface area contributed by atoms with Gasteiger partial charge in [-0.25, -0.2) is 0 Å². The molecule has 0 radical (unpaired) electrons. The molecule has 216 valence electrons. The number of benzene rings is 1. The van der Waals surface area contributed by atoms with Gasteiger partial charge >= 0.3 is 5.97 Å². The number of thioether (sulfide) groups is 1. The number of hydrogen-bond acceptors (Lipinski definition) is 9. The summed E-state index contributed by atoms with van der Waals surface area (Å²) in [7, 11) is 0. The summed E-state index contributed by atoms with van der Waals surface area (Å²) >= 11 is 1.57. The molecule has 1 aliphatic heterocycles. The van der Waals surface area contributed by atoms with Crippen molar-refractivity contribution in [2.75, 3.05) is 13.1 Å². The van der Waals surface area contributed by atoms with Gasteiger partial charge in [0, 0.05) is 23.1 Å². The van der Waals surface area contributed by atoms with E-state index in [1.165, 1.54) is 4.90 Å². The summed E-state index contributed by atoms with van der Waals surface area (Å²) < 4.78 is 0. The fourth-order valence-corrected chi connectivity index (χ4v) is 5.39. The predicted octanol–water partition coefficient (Wildman–Crippen LogP) is 0.0896. The van der Waals surface area contributed by atoms with Gasteiger partial charge in [-0.2, -0.15) is 5.21 Å². The standard InChI is InChI=1S/C25H34N8O6S/c1-3-15(2)23(28-20(34)9-10-22(36)37)25(39)27-13-21(35)33-14-17(40-16-7-5-4-6-8-16)11-18(33)24(38)26-12-19-29-31-32-30-19/h4-8,15,17-18,23H,3,9-14H2,1-2H3,(H,26,38)(H,27,39)(H,28,34)(H,36,37)(H,29,30,31,32)/t15-,17+,18-,23-/m0/s1. The van der Waals surface area contributed by atoms with E-state index in [-0.39, 0.29) is 43.0 Å². The third kappa shape index (κ3) is 9.03. The fraction of sp³-hybridized carbons (Fsp3) is 0.520. The Morgan fingerprint density at radius 3 is 2.55 bits per heavy atom. The van der Waals surface area contributed by atoms with Crippen molar-refractivity contribution in [1.82, 2.24) is 41.5 Å². The summed E-state index contributed by atoms with van der Waals surface area (Å²) in [5.41, 5.74) is 0. The third-order valence-electron chi connectivity index (χ3n) is 6.53.